The van der Waals surface area contributed by atoms with Crippen LogP contribution >= 0.6 is 0 Å². The van der Waals surface area contributed by atoms with Crippen LogP contribution in [0.5, 0.6) is 11.5 Å². The van der Waals surface area contributed by atoms with Crippen molar-refractivity contribution in [2.45, 2.75) is 38.1 Å². The lowest BCUT2D eigenvalue weighted by Crippen LogP contribution is -2.51. The average molecular weight is 361 g/mol. The Morgan fingerprint density at radius 1 is 1.15 bits per heavy atom. The first-order chi connectivity index (χ1) is 12.4. The molecule has 1 aliphatic heterocycles. The zero-order chi connectivity index (χ0) is 18.9. The Bertz CT molecular complexity index is 718. The highest BCUT2D eigenvalue weighted by Gasteiger charge is 2.52. The topological polar surface area (TPSA) is 97.0 Å². The maximum absolute atomic E-state index is 12.8. The molecule has 8 heteroatoms. The molecule has 1 aliphatic carbocycles. The number of amides is 4. The number of hydrazine groups is 1. The highest BCUT2D eigenvalue weighted by atomic mass is 16.5. The number of hydrogen-bond acceptors (Lipinski definition) is 5. The van der Waals surface area contributed by atoms with Crippen molar-refractivity contribution in [2.24, 2.45) is 5.92 Å². The Hall–Kier alpha value is -2.77. The predicted octanol–water partition coefficient (Wildman–Crippen LogP) is 1.85. The smallest absolute Gasteiger partial charge is 0.344 e. The number of benzene rings is 1. The number of carbonyl (C=O) groups excluding carboxylic acids is 3. The Labute approximate surface area is 151 Å². The summed E-state index contributed by atoms with van der Waals surface area (Å²) in [7, 11) is 2.95. The Morgan fingerprint density at radius 3 is 2.27 bits per heavy atom. The molecular weight excluding hydrogens is 338 g/mol. The molecule has 1 saturated carbocycles. The molecule has 1 heterocycles. The van der Waals surface area contributed by atoms with Crippen LogP contribution in [0, 0.1) is 5.92 Å². The number of hydrogen-bond donors (Lipinski definition) is 2. The van der Waals surface area contributed by atoms with E-state index in [-0.39, 0.29) is 5.56 Å². The number of nitrogens with one attached hydrogen (secondary N) is 2. The lowest BCUT2D eigenvalue weighted by atomic mass is 9.77. The fraction of sp³-hybridized carbons (Fsp3) is 0.500. The maximum atomic E-state index is 12.8. The second kappa shape index (κ2) is 6.86. The van der Waals surface area contributed by atoms with Gasteiger partial charge in [0.05, 0.1) is 14.2 Å². The van der Waals surface area contributed by atoms with Gasteiger partial charge in [0.1, 0.15) is 17.0 Å². The molecule has 1 aromatic carbocycles. The molecule has 2 fully saturated rings. The predicted molar refractivity (Wildman–Crippen MR) is 92.8 cm³/mol. The quantitative estimate of drug-likeness (QED) is 0.798. The van der Waals surface area contributed by atoms with E-state index in [1.807, 2.05) is 0 Å². The molecule has 1 spiro atoms. The zero-order valence-corrected chi connectivity index (χ0v) is 15.1. The summed E-state index contributed by atoms with van der Waals surface area (Å²) in [5.41, 5.74) is 1.72. The molecule has 0 aromatic heterocycles. The van der Waals surface area contributed by atoms with Gasteiger partial charge < -0.3 is 14.8 Å². The fourth-order valence-corrected chi connectivity index (χ4v) is 3.42. The van der Waals surface area contributed by atoms with Crippen LogP contribution in [0.1, 0.15) is 43.0 Å². The lowest BCUT2D eigenvalue weighted by Gasteiger charge is -2.33. The van der Waals surface area contributed by atoms with Crippen LogP contribution in [-0.2, 0) is 4.79 Å². The maximum Gasteiger partial charge on any atom is 0.344 e. The minimum absolute atomic E-state index is 0.222. The van der Waals surface area contributed by atoms with Crippen molar-refractivity contribution in [3.05, 3.63) is 23.8 Å². The van der Waals surface area contributed by atoms with Gasteiger partial charge >= 0.3 is 6.03 Å². The van der Waals surface area contributed by atoms with Crippen LogP contribution in [0.2, 0.25) is 0 Å². The van der Waals surface area contributed by atoms with Crippen molar-refractivity contribution in [1.82, 2.24) is 15.8 Å². The van der Waals surface area contributed by atoms with Crippen LogP contribution in [-0.4, -0.2) is 42.6 Å². The first-order valence-corrected chi connectivity index (χ1v) is 8.59. The molecular formula is C18H23N3O5. The summed E-state index contributed by atoms with van der Waals surface area (Å²) in [6.45, 7) is 2.13. The largest absolute Gasteiger partial charge is 0.497 e. The third-order valence-corrected chi connectivity index (χ3v) is 5.12. The standard InChI is InChI=1S/C18H23N3O5/c1-11-4-6-18(7-5-11)16(23)21(17(24)19-18)20-15(22)12-8-13(25-2)10-14(9-12)26-3/h8-11H,4-7H2,1-3H3,(H,19,24)(H,20,22). The van der Waals surface area contributed by atoms with Crippen LogP contribution in [0.15, 0.2) is 18.2 Å². The highest BCUT2D eigenvalue weighted by Crippen LogP contribution is 2.35. The van der Waals surface area contributed by atoms with E-state index in [1.165, 1.54) is 26.4 Å². The molecule has 2 aliphatic rings. The third-order valence-electron chi connectivity index (χ3n) is 5.12. The number of nitrogens with zero attached hydrogens (tertiary/aromatic N) is 1. The number of methoxy groups -OCH3 is 2. The van der Waals surface area contributed by atoms with E-state index in [9.17, 15) is 14.4 Å². The van der Waals surface area contributed by atoms with Gasteiger partial charge in [0.15, 0.2) is 0 Å². The molecule has 0 atom stereocenters. The summed E-state index contributed by atoms with van der Waals surface area (Å²) in [5.74, 6) is 0.400. The Kier molecular flexibility index (Phi) is 4.76. The van der Waals surface area contributed by atoms with E-state index in [2.05, 4.69) is 17.7 Å². The summed E-state index contributed by atoms with van der Waals surface area (Å²) in [6, 6.07) is 4.04. The van der Waals surface area contributed by atoms with Crippen LogP contribution in [0.3, 0.4) is 0 Å². The summed E-state index contributed by atoms with van der Waals surface area (Å²) in [5, 5.41) is 3.55. The van der Waals surface area contributed by atoms with Gasteiger partial charge in [-0.05, 0) is 43.7 Å². The van der Waals surface area contributed by atoms with E-state index in [0.717, 1.165) is 17.9 Å². The van der Waals surface area contributed by atoms with Crippen molar-refractivity contribution >= 4 is 17.8 Å². The van der Waals surface area contributed by atoms with Gasteiger partial charge in [0.2, 0.25) is 0 Å². The molecule has 26 heavy (non-hydrogen) atoms. The molecule has 0 bridgehead atoms. The van der Waals surface area contributed by atoms with Crippen LogP contribution in [0.4, 0.5) is 4.79 Å². The van der Waals surface area contributed by atoms with Gasteiger partial charge in [0.25, 0.3) is 11.8 Å². The van der Waals surface area contributed by atoms with Gasteiger partial charge in [-0.25, -0.2) is 4.79 Å². The molecule has 2 N–H and O–H groups in total. The molecule has 0 unspecified atom stereocenters. The Morgan fingerprint density at radius 2 is 1.73 bits per heavy atom. The first kappa shape index (κ1) is 18.0. The van der Waals surface area contributed by atoms with Crippen molar-refractivity contribution in [3.63, 3.8) is 0 Å². The summed E-state index contributed by atoms with van der Waals surface area (Å²) in [4.78, 5) is 37.6. The SMILES string of the molecule is COc1cc(OC)cc(C(=O)NN2C(=O)NC3(CCC(C)CC3)C2=O)c1. The van der Waals surface area contributed by atoms with Crippen molar-refractivity contribution in [2.75, 3.05) is 14.2 Å². The number of carbonyl (C=O) groups is 3. The zero-order valence-electron chi connectivity index (χ0n) is 15.1. The number of urea groups is 1. The highest BCUT2D eigenvalue weighted by molar-refractivity contribution is 6.09. The van der Waals surface area contributed by atoms with E-state index in [1.54, 1.807) is 6.07 Å². The van der Waals surface area contributed by atoms with E-state index in [0.29, 0.717) is 30.3 Å². The molecule has 140 valence electrons. The second-order valence-corrected chi connectivity index (χ2v) is 6.88. The van der Waals surface area contributed by atoms with Gasteiger partial charge in [-0.1, -0.05) is 6.92 Å². The Balaban J connectivity index is 1.77. The van der Waals surface area contributed by atoms with Crippen molar-refractivity contribution in [1.29, 1.82) is 0 Å². The second-order valence-electron chi connectivity index (χ2n) is 6.88. The molecule has 1 aromatic rings. The van der Waals surface area contributed by atoms with Gasteiger partial charge in [-0.2, -0.15) is 5.01 Å². The van der Waals surface area contributed by atoms with Crippen LogP contribution < -0.4 is 20.2 Å². The fourth-order valence-electron chi connectivity index (χ4n) is 3.42. The first-order valence-electron chi connectivity index (χ1n) is 8.59. The van der Waals surface area contributed by atoms with Gasteiger partial charge in [-0.3, -0.25) is 15.0 Å². The minimum atomic E-state index is -0.900. The normalized spacial score (nSPS) is 25.2. The molecule has 0 radical (unpaired) electrons. The van der Waals surface area contributed by atoms with Crippen molar-refractivity contribution < 1.29 is 23.9 Å². The molecule has 8 nitrogen and oxygen atoms in total. The van der Waals surface area contributed by atoms with Gasteiger partial charge in [0, 0.05) is 11.6 Å². The number of imide groups is 1. The van der Waals surface area contributed by atoms with E-state index >= 15 is 0 Å². The summed E-state index contributed by atoms with van der Waals surface area (Å²) in [6.07, 6.45) is 2.89. The van der Waals surface area contributed by atoms with Gasteiger partial charge in [-0.15, -0.1) is 0 Å². The third kappa shape index (κ3) is 3.18. The lowest BCUT2D eigenvalue weighted by molar-refractivity contribution is -0.134. The monoisotopic (exact) mass is 361 g/mol. The minimum Gasteiger partial charge on any atom is -0.497 e. The van der Waals surface area contributed by atoms with Crippen LogP contribution in [0.25, 0.3) is 0 Å². The summed E-state index contributed by atoms with van der Waals surface area (Å²) >= 11 is 0. The van der Waals surface area contributed by atoms with E-state index in [4.69, 9.17) is 9.47 Å². The molecule has 4 amide bonds. The number of ether oxygens (including phenoxy) is 2. The number of rotatable bonds is 4. The average Bonchev–Trinajstić information content (AvgIpc) is 2.88. The summed E-state index contributed by atoms with van der Waals surface area (Å²) < 4.78 is 10.3. The molecule has 3 rings (SSSR count). The molecule has 1 saturated heterocycles. The van der Waals surface area contributed by atoms with E-state index < -0.39 is 23.4 Å². The van der Waals surface area contributed by atoms with Crippen molar-refractivity contribution in [3.8, 4) is 11.5 Å².